The highest BCUT2D eigenvalue weighted by Gasteiger charge is 2.30. The molecule has 1 aromatic carbocycles. The second-order valence-electron chi connectivity index (χ2n) is 8.81. The number of fused-ring (bicyclic) bond motifs is 1. The third-order valence-corrected chi connectivity index (χ3v) is 6.49. The van der Waals surface area contributed by atoms with Crippen molar-refractivity contribution in [1.82, 2.24) is 20.1 Å². The van der Waals surface area contributed by atoms with E-state index in [-0.39, 0.29) is 12.1 Å². The Kier molecular flexibility index (Phi) is 7.04. The van der Waals surface area contributed by atoms with Crippen LogP contribution in [0.4, 0.5) is 18.9 Å². The minimum Gasteiger partial charge on any atom is -0.381 e. The van der Waals surface area contributed by atoms with Gasteiger partial charge < -0.3 is 10.6 Å². The van der Waals surface area contributed by atoms with Gasteiger partial charge in [-0.2, -0.15) is 23.2 Å². The largest absolute Gasteiger partial charge is 0.416 e. The summed E-state index contributed by atoms with van der Waals surface area (Å²) in [5, 5.41) is 14.6. The van der Waals surface area contributed by atoms with Crippen LogP contribution in [-0.2, 0) is 12.7 Å². The van der Waals surface area contributed by atoms with Crippen LogP contribution in [0.2, 0.25) is 0 Å². The Labute approximate surface area is 200 Å². The summed E-state index contributed by atoms with van der Waals surface area (Å²) >= 11 is 0. The van der Waals surface area contributed by atoms with E-state index in [1.54, 1.807) is 17.8 Å². The molecule has 186 valence electrons. The van der Waals surface area contributed by atoms with E-state index in [0.29, 0.717) is 47.2 Å². The molecule has 0 spiro atoms. The van der Waals surface area contributed by atoms with Crippen molar-refractivity contribution in [2.24, 2.45) is 5.18 Å². The summed E-state index contributed by atoms with van der Waals surface area (Å²) in [5.74, 6) is -0.401. The summed E-state index contributed by atoms with van der Waals surface area (Å²) < 4.78 is 40.4. The summed E-state index contributed by atoms with van der Waals surface area (Å²) in [5.41, 5.74) is 1.38. The van der Waals surface area contributed by atoms with Crippen molar-refractivity contribution in [3.63, 3.8) is 0 Å². The average Bonchev–Trinajstić information content (AvgIpc) is 3.28. The molecule has 1 aliphatic carbocycles. The number of aromatic nitrogens is 3. The van der Waals surface area contributed by atoms with Crippen LogP contribution in [0.25, 0.3) is 11.0 Å². The highest BCUT2D eigenvalue weighted by Crippen LogP contribution is 2.32. The van der Waals surface area contributed by atoms with Gasteiger partial charge in [0.1, 0.15) is 0 Å². The number of halogens is 3. The van der Waals surface area contributed by atoms with E-state index in [9.17, 15) is 22.9 Å². The second kappa shape index (κ2) is 10.0. The molecule has 1 amide bonds. The van der Waals surface area contributed by atoms with E-state index in [1.807, 2.05) is 6.92 Å². The lowest BCUT2D eigenvalue weighted by molar-refractivity contribution is -0.137. The third kappa shape index (κ3) is 5.28. The quantitative estimate of drug-likeness (QED) is 0.431. The molecule has 2 aromatic heterocycles. The van der Waals surface area contributed by atoms with Crippen molar-refractivity contribution < 1.29 is 18.0 Å². The molecule has 4 rings (SSSR count). The number of nitroso groups, excluding NO2 is 1. The van der Waals surface area contributed by atoms with Gasteiger partial charge in [0, 0.05) is 18.8 Å². The lowest BCUT2D eigenvalue weighted by atomic mass is 9.91. The zero-order valence-electron chi connectivity index (χ0n) is 19.5. The number of rotatable bonds is 7. The third-order valence-electron chi connectivity index (χ3n) is 6.49. The van der Waals surface area contributed by atoms with E-state index < -0.39 is 23.7 Å². The fourth-order valence-corrected chi connectivity index (χ4v) is 4.43. The lowest BCUT2D eigenvalue weighted by Gasteiger charge is -2.27. The molecule has 2 heterocycles. The Morgan fingerprint density at radius 3 is 2.46 bits per heavy atom. The highest BCUT2D eigenvalue weighted by atomic mass is 19.4. The standard InChI is InChI=1S/C24H27F3N6O2/c1-3-33-22-19(13-29-33)21(31-17-8-10-18(32-35)11-9-17)20(12-28-22)23(34)30-14(2)15-4-6-16(7-5-15)24(25,26)27/h4-7,12-14,17-18H,3,8-11H2,1-2H3,(H,28,31)(H,30,34). The van der Waals surface area contributed by atoms with Crippen LogP contribution in [0, 0.1) is 4.91 Å². The first kappa shape index (κ1) is 24.6. The fraction of sp³-hybridized carbons (Fsp3) is 0.458. The Balaban J connectivity index is 1.59. The fourth-order valence-electron chi connectivity index (χ4n) is 4.43. The average molecular weight is 489 g/mol. The summed E-state index contributed by atoms with van der Waals surface area (Å²) in [7, 11) is 0. The molecular formula is C24H27F3N6O2. The monoisotopic (exact) mass is 488 g/mol. The molecule has 0 radical (unpaired) electrons. The van der Waals surface area contributed by atoms with Crippen LogP contribution in [0.3, 0.4) is 0 Å². The second-order valence-corrected chi connectivity index (χ2v) is 8.81. The van der Waals surface area contributed by atoms with Gasteiger partial charge in [-0.15, -0.1) is 0 Å². The van der Waals surface area contributed by atoms with Gasteiger partial charge in [0.15, 0.2) is 5.65 Å². The number of pyridine rings is 1. The lowest BCUT2D eigenvalue weighted by Crippen LogP contribution is -2.31. The SMILES string of the molecule is CCn1ncc2c(NC3CCC(N=O)CC3)c(C(=O)NC(C)c3ccc(C(F)(F)F)cc3)cnc21. The minimum atomic E-state index is -4.42. The molecule has 0 saturated heterocycles. The van der Waals surface area contributed by atoms with Crippen molar-refractivity contribution in [2.45, 2.75) is 70.4 Å². The zero-order chi connectivity index (χ0) is 25.2. The topological polar surface area (TPSA) is 101 Å². The number of hydrogen-bond acceptors (Lipinski definition) is 6. The van der Waals surface area contributed by atoms with Crippen molar-refractivity contribution in [3.05, 3.63) is 58.3 Å². The van der Waals surface area contributed by atoms with E-state index in [4.69, 9.17) is 0 Å². The van der Waals surface area contributed by atoms with Crippen LogP contribution in [0.15, 0.2) is 41.8 Å². The number of nitrogens with zero attached hydrogens (tertiary/aromatic N) is 4. The van der Waals surface area contributed by atoms with Gasteiger partial charge in [-0.1, -0.05) is 17.3 Å². The van der Waals surface area contributed by atoms with Crippen LogP contribution >= 0.6 is 0 Å². The number of nitrogens with one attached hydrogen (secondary N) is 2. The summed E-state index contributed by atoms with van der Waals surface area (Å²) in [6.45, 7) is 4.27. The van der Waals surface area contributed by atoms with Crippen LogP contribution in [-0.4, -0.2) is 32.8 Å². The van der Waals surface area contributed by atoms with Gasteiger partial charge in [0.25, 0.3) is 5.91 Å². The number of benzene rings is 1. The smallest absolute Gasteiger partial charge is 0.381 e. The zero-order valence-corrected chi connectivity index (χ0v) is 19.5. The Hall–Kier alpha value is -3.50. The summed E-state index contributed by atoms with van der Waals surface area (Å²) in [6, 6.07) is 4.08. The van der Waals surface area contributed by atoms with Gasteiger partial charge in [-0.3, -0.25) is 4.79 Å². The normalized spacial score (nSPS) is 19.3. The first-order valence-electron chi connectivity index (χ1n) is 11.6. The molecule has 8 nitrogen and oxygen atoms in total. The maximum Gasteiger partial charge on any atom is 0.416 e. The highest BCUT2D eigenvalue weighted by molar-refractivity contribution is 6.06. The van der Waals surface area contributed by atoms with Gasteiger partial charge in [0.05, 0.1) is 40.5 Å². The van der Waals surface area contributed by atoms with E-state index in [2.05, 4.69) is 25.9 Å². The van der Waals surface area contributed by atoms with Crippen LogP contribution < -0.4 is 10.6 Å². The molecule has 0 bridgehead atoms. The van der Waals surface area contributed by atoms with Crippen LogP contribution in [0.5, 0.6) is 0 Å². The maximum absolute atomic E-state index is 13.3. The van der Waals surface area contributed by atoms with Gasteiger partial charge >= 0.3 is 6.18 Å². The minimum absolute atomic E-state index is 0.0578. The number of carbonyl (C=O) groups excluding carboxylic acids is 1. The van der Waals surface area contributed by atoms with Crippen molar-refractivity contribution in [1.29, 1.82) is 0 Å². The predicted octanol–water partition coefficient (Wildman–Crippen LogP) is 5.45. The number of amides is 1. The van der Waals surface area contributed by atoms with Crippen molar-refractivity contribution in [3.8, 4) is 0 Å². The molecular weight excluding hydrogens is 461 g/mol. The Morgan fingerprint density at radius 2 is 1.86 bits per heavy atom. The predicted molar refractivity (Wildman–Crippen MR) is 126 cm³/mol. The molecule has 35 heavy (non-hydrogen) atoms. The molecule has 1 fully saturated rings. The Morgan fingerprint density at radius 1 is 1.17 bits per heavy atom. The number of carbonyl (C=O) groups is 1. The van der Waals surface area contributed by atoms with Crippen molar-refractivity contribution >= 4 is 22.6 Å². The van der Waals surface area contributed by atoms with Crippen molar-refractivity contribution in [2.75, 3.05) is 5.32 Å². The summed E-state index contributed by atoms with van der Waals surface area (Å²) in [6.07, 6.45) is 1.58. The number of anilines is 1. The number of alkyl halides is 3. The van der Waals surface area contributed by atoms with E-state index >= 15 is 0 Å². The number of aryl methyl sites for hydroxylation is 1. The van der Waals surface area contributed by atoms with Crippen LogP contribution in [0.1, 0.15) is 67.1 Å². The molecule has 1 atom stereocenters. The van der Waals surface area contributed by atoms with Gasteiger partial charge in [-0.25, -0.2) is 9.67 Å². The molecule has 1 saturated carbocycles. The Bertz CT molecular complexity index is 1200. The number of hydrogen-bond donors (Lipinski definition) is 2. The first-order chi connectivity index (χ1) is 16.7. The molecule has 0 aliphatic heterocycles. The van der Waals surface area contributed by atoms with E-state index in [1.165, 1.54) is 18.3 Å². The molecule has 1 aliphatic rings. The van der Waals surface area contributed by atoms with Gasteiger partial charge in [-0.05, 0) is 57.2 Å². The molecule has 1 unspecified atom stereocenters. The first-order valence-corrected chi connectivity index (χ1v) is 11.6. The maximum atomic E-state index is 13.3. The molecule has 2 N–H and O–H groups in total. The summed E-state index contributed by atoms with van der Waals surface area (Å²) in [4.78, 5) is 28.6. The van der Waals surface area contributed by atoms with Gasteiger partial charge in [0.2, 0.25) is 0 Å². The molecule has 3 aromatic rings. The molecule has 11 heteroatoms. The van der Waals surface area contributed by atoms with E-state index in [0.717, 1.165) is 25.0 Å².